The fraction of sp³-hybridized carbons (Fsp3) is 0.0833. The number of carbonyl (C=O) groups excluding carboxylic acids is 1. The van der Waals surface area contributed by atoms with Crippen molar-refractivity contribution < 1.29 is 13.6 Å². The minimum atomic E-state index is -0.925. The number of rotatable bonds is 3. The molecule has 2 rings (SSSR count). The molecule has 0 atom stereocenters. The van der Waals surface area contributed by atoms with Crippen LogP contribution in [0.4, 0.5) is 8.78 Å². The number of benzene rings is 1. The highest BCUT2D eigenvalue weighted by molar-refractivity contribution is 9.12. The quantitative estimate of drug-likeness (QED) is 0.793. The lowest BCUT2D eigenvalue weighted by molar-refractivity contribution is 0.0950. The second-order valence-electron chi connectivity index (χ2n) is 3.67. The highest BCUT2D eigenvalue weighted by Gasteiger charge is 2.13. The molecule has 19 heavy (non-hydrogen) atoms. The zero-order valence-corrected chi connectivity index (χ0v) is 13.3. The van der Waals surface area contributed by atoms with Crippen LogP contribution in [-0.4, -0.2) is 5.91 Å². The Hall–Kier alpha value is -0.790. The van der Waals surface area contributed by atoms with E-state index in [1.54, 1.807) is 6.07 Å². The zero-order valence-electron chi connectivity index (χ0n) is 9.34. The molecule has 0 aliphatic carbocycles. The van der Waals surface area contributed by atoms with Gasteiger partial charge in [0.1, 0.15) is 0 Å². The standard InChI is InChI=1S/C12H7Br2F2NOS/c13-10-4-7(11(14)19-10)12(18)17-5-6-1-2-8(15)9(16)3-6/h1-4H,5H2,(H,17,18). The monoisotopic (exact) mass is 409 g/mol. The highest BCUT2D eigenvalue weighted by Crippen LogP contribution is 2.31. The van der Waals surface area contributed by atoms with Gasteiger partial charge in [0.15, 0.2) is 11.6 Å². The maximum Gasteiger partial charge on any atom is 0.253 e. The molecule has 0 radical (unpaired) electrons. The van der Waals surface area contributed by atoms with Gasteiger partial charge in [-0.05, 0) is 55.6 Å². The van der Waals surface area contributed by atoms with Crippen molar-refractivity contribution >= 4 is 49.1 Å². The van der Waals surface area contributed by atoms with E-state index in [9.17, 15) is 13.6 Å². The molecule has 2 nitrogen and oxygen atoms in total. The van der Waals surface area contributed by atoms with Crippen LogP contribution in [0.25, 0.3) is 0 Å². The molecular weight excluding hydrogens is 404 g/mol. The number of amides is 1. The van der Waals surface area contributed by atoms with Crippen molar-refractivity contribution in [1.29, 1.82) is 0 Å². The molecule has 1 amide bonds. The van der Waals surface area contributed by atoms with E-state index >= 15 is 0 Å². The SMILES string of the molecule is O=C(NCc1ccc(F)c(F)c1)c1cc(Br)sc1Br. The Balaban J connectivity index is 2.04. The van der Waals surface area contributed by atoms with Crippen molar-refractivity contribution in [3.8, 4) is 0 Å². The Kier molecular flexibility index (Phi) is 4.70. The minimum absolute atomic E-state index is 0.135. The molecule has 7 heteroatoms. The van der Waals surface area contributed by atoms with Crippen molar-refractivity contribution in [2.24, 2.45) is 0 Å². The number of nitrogens with one attached hydrogen (secondary N) is 1. The Morgan fingerprint density at radius 1 is 1.21 bits per heavy atom. The van der Waals surface area contributed by atoms with Gasteiger partial charge in [-0.15, -0.1) is 11.3 Å². The summed E-state index contributed by atoms with van der Waals surface area (Å²) in [6.07, 6.45) is 0. The fourth-order valence-corrected chi connectivity index (χ4v) is 4.22. The van der Waals surface area contributed by atoms with Gasteiger partial charge in [0, 0.05) is 6.54 Å². The summed E-state index contributed by atoms with van der Waals surface area (Å²) >= 11 is 7.95. The van der Waals surface area contributed by atoms with E-state index in [1.807, 2.05) is 0 Å². The molecular formula is C12H7Br2F2NOS. The predicted molar refractivity (Wildman–Crippen MR) is 77.2 cm³/mol. The molecule has 1 aromatic heterocycles. The van der Waals surface area contributed by atoms with E-state index in [0.717, 1.165) is 15.9 Å². The van der Waals surface area contributed by atoms with Gasteiger partial charge in [-0.25, -0.2) is 8.78 Å². The summed E-state index contributed by atoms with van der Waals surface area (Å²) in [6.45, 7) is 0.135. The van der Waals surface area contributed by atoms with E-state index in [2.05, 4.69) is 37.2 Å². The molecule has 1 aromatic carbocycles. The summed E-state index contributed by atoms with van der Waals surface area (Å²) in [5, 5.41) is 2.64. The normalized spacial score (nSPS) is 10.5. The predicted octanol–water partition coefficient (Wildman–Crippen LogP) is 4.48. The number of hydrogen-bond donors (Lipinski definition) is 1. The molecule has 0 saturated heterocycles. The molecule has 0 unspecified atom stereocenters. The van der Waals surface area contributed by atoms with Crippen LogP contribution in [0, 0.1) is 11.6 Å². The van der Waals surface area contributed by atoms with Crippen LogP contribution in [0.5, 0.6) is 0 Å². The van der Waals surface area contributed by atoms with Crippen molar-refractivity contribution in [2.45, 2.75) is 6.54 Å². The van der Waals surface area contributed by atoms with Crippen LogP contribution in [0.15, 0.2) is 31.8 Å². The van der Waals surface area contributed by atoms with E-state index in [1.165, 1.54) is 17.4 Å². The van der Waals surface area contributed by atoms with Crippen molar-refractivity contribution in [3.05, 3.63) is 54.6 Å². The molecule has 2 aromatic rings. The zero-order chi connectivity index (χ0) is 14.0. The first-order valence-electron chi connectivity index (χ1n) is 5.14. The summed E-state index contributed by atoms with van der Waals surface area (Å²) in [4.78, 5) is 11.9. The summed E-state index contributed by atoms with van der Waals surface area (Å²) in [5.41, 5.74) is 0.997. The van der Waals surface area contributed by atoms with E-state index in [-0.39, 0.29) is 12.5 Å². The molecule has 0 fully saturated rings. The van der Waals surface area contributed by atoms with Crippen LogP contribution in [0.2, 0.25) is 0 Å². The first kappa shape index (κ1) is 14.6. The molecule has 100 valence electrons. The Labute approximate surface area is 129 Å². The fourth-order valence-electron chi connectivity index (χ4n) is 1.42. The van der Waals surface area contributed by atoms with E-state index < -0.39 is 11.6 Å². The van der Waals surface area contributed by atoms with Crippen LogP contribution >= 0.6 is 43.2 Å². The second kappa shape index (κ2) is 6.11. The molecule has 0 aliphatic heterocycles. The topological polar surface area (TPSA) is 29.1 Å². The van der Waals surface area contributed by atoms with Gasteiger partial charge >= 0.3 is 0 Å². The van der Waals surface area contributed by atoms with Crippen LogP contribution in [0.1, 0.15) is 15.9 Å². The molecule has 1 N–H and O–H groups in total. The molecule has 0 aliphatic rings. The Morgan fingerprint density at radius 2 is 1.95 bits per heavy atom. The lowest BCUT2D eigenvalue weighted by atomic mass is 10.2. The first-order valence-corrected chi connectivity index (χ1v) is 7.54. The van der Waals surface area contributed by atoms with Gasteiger partial charge in [-0.3, -0.25) is 4.79 Å². The largest absolute Gasteiger partial charge is 0.348 e. The third kappa shape index (κ3) is 3.61. The summed E-state index contributed by atoms with van der Waals surface area (Å²) in [7, 11) is 0. The number of hydrogen-bond acceptors (Lipinski definition) is 2. The third-order valence-corrected chi connectivity index (χ3v) is 4.68. The maximum atomic E-state index is 13.0. The number of thiophene rings is 1. The van der Waals surface area contributed by atoms with Crippen LogP contribution < -0.4 is 5.32 Å². The third-order valence-electron chi connectivity index (χ3n) is 2.34. The number of halogens is 4. The van der Waals surface area contributed by atoms with Crippen LogP contribution in [-0.2, 0) is 6.54 Å². The maximum absolute atomic E-state index is 13.0. The van der Waals surface area contributed by atoms with E-state index in [4.69, 9.17) is 0 Å². The summed E-state index contributed by atoms with van der Waals surface area (Å²) < 4.78 is 27.3. The molecule has 0 spiro atoms. The van der Waals surface area contributed by atoms with Gasteiger partial charge in [0.25, 0.3) is 5.91 Å². The molecule has 1 heterocycles. The van der Waals surface area contributed by atoms with Crippen molar-refractivity contribution in [1.82, 2.24) is 5.32 Å². The first-order chi connectivity index (χ1) is 8.97. The van der Waals surface area contributed by atoms with Crippen molar-refractivity contribution in [3.63, 3.8) is 0 Å². The molecule has 0 saturated carbocycles. The average Bonchev–Trinajstić information content (AvgIpc) is 2.70. The highest BCUT2D eigenvalue weighted by atomic mass is 79.9. The molecule has 0 bridgehead atoms. The minimum Gasteiger partial charge on any atom is -0.348 e. The average molecular weight is 411 g/mol. The lowest BCUT2D eigenvalue weighted by Crippen LogP contribution is -2.22. The smallest absolute Gasteiger partial charge is 0.253 e. The Morgan fingerprint density at radius 3 is 2.53 bits per heavy atom. The Bertz CT molecular complexity index is 630. The summed E-state index contributed by atoms with van der Waals surface area (Å²) in [5.74, 6) is -2.11. The van der Waals surface area contributed by atoms with Gasteiger partial charge in [-0.1, -0.05) is 6.07 Å². The van der Waals surface area contributed by atoms with Gasteiger partial charge in [-0.2, -0.15) is 0 Å². The van der Waals surface area contributed by atoms with Gasteiger partial charge in [0.05, 0.1) is 13.1 Å². The lowest BCUT2D eigenvalue weighted by Gasteiger charge is -2.05. The van der Waals surface area contributed by atoms with E-state index in [0.29, 0.717) is 14.9 Å². The van der Waals surface area contributed by atoms with Gasteiger partial charge < -0.3 is 5.32 Å². The second-order valence-corrected chi connectivity index (χ2v) is 7.42. The number of carbonyl (C=O) groups is 1. The van der Waals surface area contributed by atoms with Crippen LogP contribution in [0.3, 0.4) is 0 Å². The summed E-state index contributed by atoms with van der Waals surface area (Å²) in [6, 6.07) is 5.22. The van der Waals surface area contributed by atoms with Gasteiger partial charge in [0.2, 0.25) is 0 Å². The van der Waals surface area contributed by atoms with Crippen molar-refractivity contribution in [2.75, 3.05) is 0 Å².